The van der Waals surface area contributed by atoms with Crippen molar-refractivity contribution in [3.8, 4) is 0 Å². The molecule has 0 aromatic heterocycles. The number of para-hydroxylation sites is 5. The molecule has 1 atom stereocenters. The molecule has 0 saturated heterocycles. The molecular formula is C55H48N4. The third-order valence-electron chi connectivity index (χ3n) is 10.3. The first-order valence-electron chi connectivity index (χ1n) is 20.2. The molecule has 0 spiro atoms. The van der Waals surface area contributed by atoms with Crippen LogP contribution in [0.2, 0.25) is 0 Å². The van der Waals surface area contributed by atoms with Crippen LogP contribution in [0.5, 0.6) is 0 Å². The van der Waals surface area contributed by atoms with Gasteiger partial charge >= 0.3 is 0 Å². The standard InChI is InChI=1S/C55H48N4/c1-3-4-10-21-44(2)56(45-22-11-5-12-23-45)50-32-34-53(35-33-50)59(54-40-36-51(37-41-54)57(46-24-13-6-14-25-46)47-26-15-7-16-27-47)55-42-38-52(39-43-55)58(48-28-17-8-18-29-48)49-30-19-9-20-31-49/h3-44H,1-2H3/b4-3-,21-10-. The lowest BCUT2D eigenvalue weighted by molar-refractivity contribution is 0.864. The Balaban J connectivity index is 1.20. The minimum Gasteiger partial charge on any atom is -0.335 e. The molecule has 8 aromatic rings. The molecule has 0 radical (unpaired) electrons. The summed E-state index contributed by atoms with van der Waals surface area (Å²) in [5.41, 5.74) is 12.0. The Hall–Kier alpha value is -7.56. The molecule has 0 bridgehead atoms. The Kier molecular flexibility index (Phi) is 12.1. The molecule has 8 aromatic carbocycles. The second kappa shape index (κ2) is 18.6. The first kappa shape index (κ1) is 38.3. The number of anilines is 11. The normalized spacial score (nSPS) is 11.7. The number of rotatable bonds is 14. The van der Waals surface area contributed by atoms with Crippen molar-refractivity contribution in [1.82, 2.24) is 0 Å². The van der Waals surface area contributed by atoms with Gasteiger partial charge in [-0.2, -0.15) is 0 Å². The lowest BCUT2D eigenvalue weighted by Gasteiger charge is -2.31. The Morgan fingerprint density at radius 2 is 0.508 bits per heavy atom. The summed E-state index contributed by atoms with van der Waals surface area (Å²) in [6, 6.07) is 79.6. The van der Waals surface area contributed by atoms with Crippen LogP contribution >= 0.6 is 0 Å². The zero-order valence-corrected chi connectivity index (χ0v) is 33.5. The highest BCUT2D eigenvalue weighted by molar-refractivity contribution is 5.84. The van der Waals surface area contributed by atoms with E-state index >= 15 is 0 Å². The zero-order chi connectivity index (χ0) is 40.2. The average Bonchev–Trinajstić information content (AvgIpc) is 3.30. The van der Waals surface area contributed by atoms with Gasteiger partial charge in [0.05, 0.1) is 0 Å². The van der Waals surface area contributed by atoms with E-state index in [4.69, 9.17) is 0 Å². The van der Waals surface area contributed by atoms with Gasteiger partial charge in [0.15, 0.2) is 0 Å². The van der Waals surface area contributed by atoms with E-state index < -0.39 is 0 Å². The second-order valence-corrected chi connectivity index (χ2v) is 14.3. The molecule has 0 aliphatic heterocycles. The summed E-state index contributed by atoms with van der Waals surface area (Å²) in [4.78, 5) is 9.30. The summed E-state index contributed by atoms with van der Waals surface area (Å²) in [7, 11) is 0. The van der Waals surface area contributed by atoms with Gasteiger partial charge in [0.1, 0.15) is 0 Å². The molecule has 1 unspecified atom stereocenters. The van der Waals surface area contributed by atoms with E-state index in [1.807, 2.05) is 6.92 Å². The smallest absolute Gasteiger partial charge is 0.0497 e. The second-order valence-electron chi connectivity index (χ2n) is 14.3. The van der Waals surface area contributed by atoms with Crippen molar-refractivity contribution in [2.24, 2.45) is 0 Å². The highest BCUT2D eigenvalue weighted by atomic mass is 15.2. The van der Waals surface area contributed by atoms with Crippen molar-refractivity contribution in [2.45, 2.75) is 19.9 Å². The van der Waals surface area contributed by atoms with Crippen LogP contribution in [-0.2, 0) is 0 Å². The van der Waals surface area contributed by atoms with Gasteiger partial charge in [0.2, 0.25) is 0 Å². The van der Waals surface area contributed by atoms with Crippen LogP contribution in [0.15, 0.2) is 249 Å². The maximum absolute atomic E-state index is 2.38. The summed E-state index contributed by atoms with van der Waals surface area (Å²) in [6.07, 6.45) is 8.49. The largest absolute Gasteiger partial charge is 0.335 e. The fourth-order valence-electron chi connectivity index (χ4n) is 7.54. The van der Waals surface area contributed by atoms with Gasteiger partial charge in [-0.05, 0) is 147 Å². The number of hydrogen-bond acceptors (Lipinski definition) is 4. The molecule has 4 nitrogen and oxygen atoms in total. The van der Waals surface area contributed by atoms with Gasteiger partial charge in [-0.3, -0.25) is 0 Å². The molecule has 59 heavy (non-hydrogen) atoms. The van der Waals surface area contributed by atoms with Crippen LogP contribution in [0.3, 0.4) is 0 Å². The van der Waals surface area contributed by atoms with Gasteiger partial charge < -0.3 is 19.6 Å². The van der Waals surface area contributed by atoms with Crippen LogP contribution in [0.25, 0.3) is 0 Å². The molecule has 288 valence electrons. The van der Waals surface area contributed by atoms with Gasteiger partial charge in [-0.15, -0.1) is 0 Å². The number of allylic oxidation sites excluding steroid dienone is 3. The van der Waals surface area contributed by atoms with Crippen LogP contribution in [0.4, 0.5) is 62.6 Å². The van der Waals surface area contributed by atoms with Crippen LogP contribution in [0.1, 0.15) is 13.8 Å². The molecule has 0 fully saturated rings. The number of benzene rings is 8. The number of hydrogen-bond donors (Lipinski definition) is 0. The SMILES string of the molecule is C/C=C\C=C/C(C)N(c1ccccc1)c1ccc(N(c2ccc(N(c3ccccc3)c3ccccc3)cc2)c2ccc(N(c3ccccc3)c3ccccc3)cc2)cc1. The Bertz CT molecular complexity index is 2330. The zero-order valence-electron chi connectivity index (χ0n) is 33.5. The summed E-state index contributed by atoms with van der Waals surface area (Å²) >= 11 is 0. The molecule has 4 heteroatoms. The lowest BCUT2D eigenvalue weighted by Crippen LogP contribution is -2.26. The molecule has 0 saturated carbocycles. The summed E-state index contributed by atoms with van der Waals surface area (Å²) in [5, 5.41) is 0. The van der Waals surface area contributed by atoms with E-state index in [2.05, 4.69) is 275 Å². The van der Waals surface area contributed by atoms with Gasteiger partial charge in [0, 0.05) is 68.6 Å². The highest BCUT2D eigenvalue weighted by Gasteiger charge is 2.20. The van der Waals surface area contributed by atoms with Crippen LogP contribution < -0.4 is 19.6 Å². The molecule has 0 N–H and O–H groups in total. The van der Waals surface area contributed by atoms with Crippen molar-refractivity contribution >= 4 is 62.6 Å². The van der Waals surface area contributed by atoms with E-state index in [1.54, 1.807) is 0 Å². The van der Waals surface area contributed by atoms with Crippen molar-refractivity contribution in [3.05, 3.63) is 249 Å². The van der Waals surface area contributed by atoms with Crippen molar-refractivity contribution in [2.75, 3.05) is 19.6 Å². The molecular weight excluding hydrogens is 717 g/mol. The molecule has 0 aliphatic carbocycles. The van der Waals surface area contributed by atoms with Crippen LogP contribution in [-0.4, -0.2) is 6.04 Å². The summed E-state index contributed by atoms with van der Waals surface area (Å²) < 4.78 is 0. The van der Waals surface area contributed by atoms with Gasteiger partial charge in [-0.25, -0.2) is 0 Å². The van der Waals surface area contributed by atoms with Crippen LogP contribution in [0, 0.1) is 0 Å². The summed E-state index contributed by atoms with van der Waals surface area (Å²) in [5.74, 6) is 0. The topological polar surface area (TPSA) is 13.0 Å². The Morgan fingerprint density at radius 1 is 0.288 bits per heavy atom. The maximum Gasteiger partial charge on any atom is 0.0497 e. The first-order chi connectivity index (χ1) is 29.2. The quantitative estimate of drug-likeness (QED) is 0.102. The highest BCUT2D eigenvalue weighted by Crippen LogP contribution is 2.42. The van der Waals surface area contributed by atoms with Gasteiger partial charge in [0.25, 0.3) is 0 Å². The predicted octanol–water partition coefficient (Wildman–Crippen LogP) is 15.8. The fourth-order valence-corrected chi connectivity index (χ4v) is 7.54. The van der Waals surface area contributed by atoms with E-state index in [-0.39, 0.29) is 6.04 Å². The van der Waals surface area contributed by atoms with E-state index in [1.165, 1.54) is 0 Å². The minimum absolute atomic E-state index is 0.130. The first-order valence-corrected chi connectivity index (χ1v) is 20.2. The van der Waals surface area contributed by atoms with E-state index in [9.17, 15) is 0 Å². The third-order valence-corrected chi connectivity index (χ3v) is 10.3. The molecule has 0 heterocycles. The lowest BCUT2D eigenvalue weighted by atomic mass is 10.1. The fraction of sp³-hybridized carbons (Fsp3) is 0.0545. The third kappa shape index (κ3) is 8.88. The van der Waals surface area contributed by atoms with Gasteiger partial charge in [-0.1, -0.05) is 115 Å². The van der Waals surface area contributed by atoms with Crippen molar-refractivity contribution in [3.63, 3.8) is 0 Å². The van der Waals surface area contributed by atoms with Crippen molar-refractivity contribution in [1.29, 1.82) is 0 Å². The van der Waals surface area contributed by atoms with Crippen molar-refractivity contribution < 1.29 is 0 Å². The average molecular weight is 765 g/mol. The summed E-state index contributed by atoms with van der Waals surface area (Å²) in [6.45, 7) is 4.28. The number of nitrogens with zero attached hydrogens (tertiary/aromatic N) is 4. The molecule has 8 rings (SSSR count). The molecule has 0 amide bonds. The Morgan fingerprint density at radius 3 is 0.780 bits per heavy atom. The maximum atomic E-state index is 2.38. The van der Waals surface area contributed by atoms with E-state index in [0.29, 0.717) is 0 Å². The minimum atomic E-state index is 0.130. The molecule has 0 aliphatic rings. The predicted molar refractivity (Wildman–Crippen MR) is 252 cm³/mol. The van der Waals surface area contributed by atoms with E-state index in [0.717, 1.165) is 62.6 Å². The Labute approximate surface area is 349 Å². The monoisotopic (exact) mass is 764 g/mol.